The summed E-state index contributed by atoms with van der Waals surface area (Å²) in [5.41, 5.74) is 2.86. The zero-order valence-electron chi connectivity index (χ0n) is 33.3. The van der Waals surface area contributed by atoms with Crippen molar-refractivity contribution in [3.05, 3.63) is 47.7 Å². The lowest BCUT2D eigenvalue weighted by Gasteiger charge is -2.35. The third kappa shape index (κ3) is 12.6. The van der Waals surface area contributed by atoms with E-state index in [1.807, 2.05) is 37.3 Å². The lowest BCUT2D eigenvalue weighted by Crippen LogP contribution is -2.60. The zero-order chi connectivity index (χ0) is 42.3. The lowest BCUT2D eigenvalue weighted by atomic mass is 9.87. The molecule has 0 bridgehead atoms. The van der Waals surface area contributed by atoms with Crippen LogP contribution in [-0.4, -0.2) is 101 Å². The van der Waals surface area contributed by atoms with Gasteiger partial charge >= 0.3 is 18.0 Å². The van der Waals surface area contributed by atoms with Gasteiger partial charge in [-0.2, -0.15) is 0 Å². The van der Waals surface area contributed by atoms with Crippen LogP contribution in [0.1, 0.15) is 90.4 Å². The Hall–Kier alpha value is -3.73. The SMILES string of the molecule is C[C@H](NC(=O)[C@@H](OC(=O)C1(/C=C/c2ccc3ccc([C@@H](C)NC(=O)OC(C)(C)C)nc3c2)COCOC1)C1CCCC1)C(=O)N1CCC[C@@H](C(=O)OCC(Cl)(Cl)Cl)N1. The van der Waals surface area contributed by atoms with Crippen LogP contribution in [0.3, 0.4) is 0 Å². The Kier molecular flexibility index (Phi) is 15.3. The Balaban J connectivity index is 1.27. The van der Waals surface area contributed by atoms with Crippen LogP contribution in [0.4, 0.5) is 4.79 Å². The van der Waals surface area contributed by atoms with E-state index in [-0.39, 0.29) is 32.5 Å². The fourth-order valence-electron chi connectivity index (χ4n) is 6.96. The zero-order valence-corrected chi connectivity index (χ0v) is 35.6. The first kappa shape index (κ1) is 45.4. The van der Waals surface area contributed by atoms with Gasteiger partial charge in [0.25, 0.3) is 11.8 Å². The Morgan fingerprint density at radius 3 is 2.36 bits per heavy atom. The van der Waals surface area contributed by atoms with E-state index in [1.165, 1.54) is 11.9 Å². The van der Waals surface area contributed by atoms with Crippen molar-refractivity contribution in [3.8, 4) is 0 Å². The second kappa shape index (κ2) is 19.6. The number of nitrogens with one attached hydrogen (secondary N) is 3. The Labute approximate surface area is 353 Å². The van der Waals surface area contributed by atoms with E-state index in [1.54, 1.807) is 32.9 Å². The van der Waals surface area contributed by atoms with Gasteiger partial charge in [-0.25, -0.2) is 10.2 Å². The van der Waals surface area contributed by atoms with Gasteiger partial charge in [0.1, 0.15) is 36.5 Å². The lowest BCUT2D eigenvalue weighted by molar-refractivity contribution is -0.193. The number of amides is 3. The van der Waals surface area contributed by atoms with Crippen molar-refractivity contribution >= 4 is 81.6 Å². The molecule has 58 heavy (non-hydrogen) atoms. The first-order valence-corrected chi connectivity index (χ1v) is 20.5. The number of halogens is 3. The monoisotopic (exact) mass is 867 g/mol. The van der Waals surface area contributed by atoms with Gasteiger partial charge in [0.2, 0.25) is 3.79 Å². The number of nitrogens with zero attached hydrogens (tertiary/aromatic N) is 2. The summed E-state index contributed by atoms with van der Waals surface area (Å²) in [6.45, 7) is 8.43. The van der Waals surface area contributed by atoms with Crippen molar-refractivity contribution in [2.24, 2.45) is 11.3 Å². The summed E-state index contributed by atoms with van der Waals surface area (Å²) in [5, 5.41) is 7.68. The Morgan fingerprint density at radius 2 is 1.69 bits per heavy atom. The summed E-state index contributed by atoms with van der Waals surface area (Å²) in [4.78, 5) is 71.3. The Bertz CT molecular complexity index is 1840. The minimum Gasteiger partial charge on any atom is -0.460 e. The second-order valence-electron chi connectivity index (χ2n) is 16.0. The predicted octanol–water partition coefficient (Wildman–Crippen LogP) is 5.84. The van der Waals surface area contributed by atoms with Crippen LogP contribution < -0.4 is 16.1 Å². The van der Waals surface area contributed by atoms with Gasteiger partial charge in [-0.3, -0.25) is 29.2 Å². The number of alkyl halides is 3. The van der Waals surface area contributed by atoms with Crippen LogP contribution >= 0.6 is 34.8 Å². The highest BCUT2D eigenvalue weighted by Crippen LogP contribution is 2.34. The maximum Gasteiger partial charge on any atom is 0.408 e. The number of rotatable bonds is 12. The average molecular weight is 869 g/mol. The molecule has 3 heterocycles. The summed E-state index contributed by atoms with van der Waals surface area (Å²) >= 11 is 17.1. The van der Waals surface area contributed by atoms with Crippen molar-refractivity contribution in [3.63, 3.8) is 0 Å². The van der Waals surface area contributed by atoms with E-state index in [0.717, 1.165) is 23.8 Å². The maximum absolute atomic E-state index is 14.2. The molecule has 3 N–H and O–H groups in total. The average Bonchev–Trinajstić information content (AvgIpc) is 3.71. The summed E-state index contributed by atoms with van der Waals surface area (Å²) in [7, 11) is 0. The largest absolute Gasteiger partial charge is 0.460 e. The number of hydrazine groups is 1. The van der Waals surface area contributed by atoms with Gasteiger partial charge in [-0.1, -0.05) is 78.0 Å². The molecule has 2 saturated heterocycles. The molecule has 2 aromatic rings. The second-order valence-corrected chi connectivity index (χ2v) is 18.5. The van der Waals surface area contributed by atoms with E-state index < -0.39 is 75.5 Å². The number of carbonyl (C=O) groups is 5. The number of alkyl carbamates (subject to hydrolysis) is 1. The minimum atomic E-state index is -1.78. The number of hydrogen-bond acceptors (Lipinski definition) is 12. The van der Waals surface area contributed by atoms with E-state index in [9.17, 15) is 24.0 Å². The topological polar surface area (TPSA) is 184 Å². The first-order chi connectivity index (χ1) is 27.3. The molecule has 1 aliphatic carbocycles. The van der Waals surface area contributed by atoms with Gasteiger partial charge in [0.15, 0.2) is 6.10 Å². The molecule has 1 saturated carbocycles. The van der Waals surface area contributed by atoms with Gasteiger partial charge in [0, 0.05) is 17.8 Å². The standard InChI is InChI=1S/C40H52Cl3N5O10/c1-24(45-37(53)58-38(3,4)5)29-15-14-27-13-12-26(19-31(27)46-29)16-17-39(20-54-23-55-21-39)36(52)57-32(28-9-6-7-10-28)33(49)44-25(2)34(50)48-18-8-11-30(47-48)35(51)56-22-40(41,42)43/h12-17,19,24-25,28,30,32,47H,6-11,18,20-23H2,1-5H3,(H,44,49)(H,45,53)/b17-16+/t24-,25+,30+,32+/m1/s1. The number of benzene rings is 1. The van der Waals surface area contributed by atoms with Crippen LogP contribution in [0.15, 0.2) is 36.4 Å². The number of hydrogen-bond donors (Lipinski definition) is 3. The number of esters is 2. The van der Waals surface area contributed by atoms with Crippen molar-refractivity contribution in [2.45, 2.75) is 107 Å². The van der Waals surface area contributed by atoms with Gasteiger partial charge in [-0.05, 0) is 78.0 Å². The predicted molar refractivity (Wildman–Crippen MR) is 216 cm³/mol. The molecular weight excluding hydrogens is 817 g/mol. The number of pyridine rings is 1. The fraction of sp³-hybridized carbons (Fsp3) is 0.600. The highest BCUT2D eigenvalue weighted by Gasteiger charge is 2.45. The molecule has 1 aromatic heterocycles. The van der Waals surface area contributed by atoms with Crippen LogP contribution in [-0.2, 0) is 42.9 Å². The minimum absolute atomic E-state index is 0.0107. The smallest absolute Gasteiger partial charge is 0.408 e. The highest BCUT2D eigenvalue weighted by atomic mass is 35.6. The molecule has 1 aromatic carbocycles. The van der Waals surface area contributed by atoms with Gasteiger partial charge in [0.05, 0.1) is 30.5 Å². The molecule has 0 radical (unpaired) electrons. The summed E-state index contributed by atoms with van der Waals surface area (Å²) in [6.07, 6.45) is 5.60. The fourth-order valence-corrected chi connectivity index (χ4v) is 7.12. The van der Waals surface area contributed by atoms with Gasteiger partial charge in [-0.15, -0.1) is 0 Å². The maximum atomic E-state index is 14.2. The quantitative estimate of drug-likeness (QED) is 0.132. The third-order valence-electron chi connectivity index (χ3n) is 9.97. The molecule has 15 nitrogen and oxygen atoms in total. The van der Waals surface area contributed by atoms with Crippen LogP contribution in [0, 0.1) is 11.3 Å². The van der Waals surface area contributed by atoms with Crippen LogP contribution in [0.2, 0.25) is 0 Å². The summed E-state index contributed by atoms with van der Waals surface area (Å²) in [6, 6.07) is 7.07. The van der Waals surface area contributed by atoms with E-state index in [0.29, 0.717) is 36.9 Å². The molecule has 2 aliphatic heterocycles. The highest BCUT2D eigenvalue weighted by molar-refractivity contribution is 6.67. The molecule has 0 unspecified atom stereocenters. The van der Waals surface area contributed by atoms with Crippen molar-refractivity contribution in [1.82, 2.24) is 26.1 Å². The molecular formula is C40H52Cl3N5O10. The van der Waals surface area contributed by atoms with Crippen molar-refractivity contribution in [2.75, 3.05) is 33.2 Å². The first-order valence-electron chi connectivity index (χ1n) is 19.4. The molecule has 3 amide bonds. The molecule has 3 aliphatic rings. The summed E-state index contributed by atoms with van der Waals surface area (Å²) in [5.74, 6) is -2.76. The molecule has 4 atom stereocenters. The van der Waals surface area contributed by atoms with Crippen molar-refractivity contribution in [1.29, 1.82) is 0 Å². The van der Waals surface area contributed by atoms with Crippen LogP contribution in [0.5, 0.6) is 0 Å². The number of carbonyl (C=O) groups excluding carboxylic acids is 5. The third-order valence-corrected chi connectivity index (χ3v) is 10.3. The Morgan fingerprint density at radius 1 is 1.00 bits per heavy atom. The molecule has 0 spiro atoms. The normalized spacial score (nSPS) is 20.6. The van der Waals surface area contributed by atoms with E-state index in [2.05, 4.69) is 16.1 Å². The molecule has 3 fully saturated rings. The molecule has 5 rings (SSSR count). The number of aromatic nitrogens is 1. The number of ether oxygens (including phenoxy) is 5. The number of fused-ring (bicyclic) bond motifs is 1. The molecule has 318 valence electrons. The van der Waals surface area contributed by atoms with Crippen molar-refractivity contribution < 1.29 is 47.7 Å². The van der Waals surface area contributed by atoms with Crippen LogP contribution in [0.25, 0.3) is 17.0 Å². The van der Waals surface area contributed by atoms with E-state index in [4.69, 9.17) is 63.5 Å². The molecule has 18 heteroatoms. The summed E-state index contributed by atoms with van der Waals surface area (Å²) < 4.78 is 26.0. The van der Waals surface area contributed by atoms with E-state index >= 15 is 0 Å². The van der Waals surface area contributed by atoms with Gasteiger partial charge < -0.3 is 34.3 Å².